The van der Waals surface area contributed by atoms with Crippen molar-refractivity contribution in [1.29, 1.82) is 0 Å². The Hall–Kier alpha value is -2.47. The number of anilines is 1. The number of carboxylic acid groups (broad SMARTS) is 1. The van der Waals surface area contributed by atoms with Crippen LogP contribution in [0.4, 0.5) is 5.13 Å². The first kappa shape index (κ1) is 22.2. The molecule has 1 aromatic carbocycles. The molecule has 1 aliphatic carbocycles. The maximum atomic E-state index is 12.9. The van der Waals surface area contributed by atoms with Crippen molar-refractivity contribution in [3.05, 3.63) is 45.9 Å². The first-order valence-corrected chi connectivity index (χ1v) is 11.2. The van der Waals surface area contributed by atoms with Crippen LogP contribution in [0, 0.1) is 24.7 Å². The molecule has 0 spiro atoms. The van der Waals surface area contributed by atoms with Crippen molar-refractivity contribution < 1.29 is 14.7 Å². The van der Waals surface area contributed by atoms with E-state index in [1.165, 1.54) is 16.9 Å². The van der Waals surface area contributed by atoms with Gasteiger partial charge in [0.1, 0.15) is 0 Å². The number of rotatable bonds is 6. The van der Waals surface area contributed by atoms with E-state index >= 15 is 0 Å². The Kier molecular flexibility index (Phi) is 6.76. The molecule has 0 radical (unpaired) electrons. The summed E-state index contributed by atoms with van der Waals surface area (Å²) in [7, 11) is 0. The molecule has 0 saturated carbocycles. The number of carbonyl (C=O) groups is 2. The van der Waals surface area contributed by atoms with Crippen LogP contribution in [0.25, 0.3) is 11.3 Å². The molecule has 0 saturated heterocycles. The lowest BCUT2D eigenvalue weighted by Gasteiger charge is -2.29. The molecule has 0 bridgehead atoms. The number of allylic oxidation sites excluding steroid dienone is 2. The van der Waals surface area contributed by atoms with Crippen LogP contribution in [-0.2, 0) is 16.0 Å². The third-order valence-electron chi connectivity index (χ3n) is 5.82. The number of aryl methyl sites for hydroxylation is 1. The quantitative estimate of drug-likeness (QED) is 0.581. The largest absolute Gasteiger partial charge is 0.481 e. The van der Waals surface area contributed by atoms with Crippen LogP contribution < -0.4 is 5.32 Å². The topological polar surface area (TPSA) is 79.3 Å². The third-order valence-corrected chi connectivity index (χ3v) is 6.70. The second-order valence-corrected chi connectivity index (χ2v) is 9.93. The fourth-order valence-corrected chi connectivity index (χ4v) is 4.85. The molecule has 0 fully saturated rings. The average molecular weight is 427 g/mol. The SMILES string of the molecule is CC1=C(C)C[C@@H](C(=O)O)[C@@H](C(=O)Nc2nc(-c3ccc(CC(C)C)cc3)c(C)s2)C1. The number of nitrogens with one attached hydrogen (secondary N) is 1. The highest BCUT2D eigenvalue weighted by Crippen LogP contribution is 2.36. The minimum atomic E-state index is -0.917. The van der Waals surface area contributed by atoms with Crippen molar-refractivity contribution in [2.24, 2.45) is 17.8 Å². The molecule has 2 N–H and O–H groups in total. The number of aromatic nitrogens is 1. The molecule has 2 aromatic rings. The van der Waals surface area contributed by atoms with Crippen molar-refractivity contribution in [2.45, 2.75) is 53.9 Å². The van der Waals surface area contributed by atoms with Gasteiger partial charge in [-0.1, -0.05) is 49.3 Å². The molecule has 1 aliphatic rings. The molecule has 5 nitrogen and oxygen atoms in total. The van der Waals surface area contributed by atoms with Gasteiger partial charge in [0.25, 0.3) is 0 Å². The van der Waals surface area contributed by atoms with Gasteiger partial charge in [-0.2, -0.15) is 0 Å². The number of carboxylic acids is 1. The van der Waals surface area contributed by atoms with Crippen molar-refractivity contribution in [3.63, 3.8) is 0 Å². The molecule has 0 aliphatic heterocycles. The van der Waals surface area contributed by atoms with E-state index in [0.717, 1.165) is 33.7 Å². The van der Waals surface area contributed by atoms with Crippen molar-refractivity contribution in [2.75, 3.05) is 5.32 Å². The number of hydrogen-bond acceptors (Lipinski definition) is 4. The van der Waals surface area contributed by atoms with Gasteiger partial charge >= 0.3 is 5.97 Å². The van der Waals surface area contributed by atoms with E-state index in [1.807, 2.05) is 20.8 Å². The summed E-state index contributed by atoms with van der Waals surface area (Å²) >= 11 is 1.42. The second-order valence-electron chi connectivity index (χ2n) is 8.73. The summed E-state index contributed by atoms with van der Waals surface area (Å²) in [6, 6.07) is 8.40. The predicted molar refractivity (Wildman–Crippen MR) is 122 cm³/mol. The third kappa shape index (κ3) is 4.98. The summed E-state index contributed by atoms with van der Waals surface area (Å²) in [4.78, 5) is 30.3. The molecule has 160 valence electrons. The average Bonchev–Trinajstić information content (AvgIpc) is 3.03. The zero-order valence-electron chi connectivity index (χ0n) is 18.3. The standard InChI is InChI=1S/C24H30N2O3S/c1-13(2)10-17-6-8-18(9-7-17)21-16(5)30-24(25-21)26-22(27)19-11-14(3)15(4)12-20(19)23(28)29/h6-9,13,19-20H,10-12H2,1-5H3,(H,28,29)(H,25,26,27)/t19-,20+/m0/s1. The Bertz CT molecular complexity index is 973. The highest BCUT2D eigenvalue weighted by atomic mass is 32.1. The van der Waals surface area contributed by atoms with Gasteiger partial charge in [0.05, 0.1) is 17.5 Å². The highest BCUT2D eigenvalue weighted by molar-refractivity contribution is 7.16. The van der Waals surface area contributed by atoms with E-state index in [0.29, 0.717) is 23.9 Å². The first-order chi connectivity index (χ1) is 14.2. The van der Waals surface area contributed by atoms with Gasteiger partial charge in [0, 0.05) is 10.4 Å². The van der Waals surface area contributed by atoms with E-state index in [1.54, 1.807) is 0 Å². The first-order valence-electron chi connectivity index (χ1n) is 10.4. The summed E-state index contributed by atoms with van der Waals surface area (Å²) in [6.07, 6.45) is 1.93. The molecular weight excluding hydrogens is 396 g/mol. The Labute approximate surface area is 182 Å². The fourth-order valence-electron chi connectivity index (χ4n) is 4.01. The number of amides is 1. The second kappa shape index (κ2) is 9.13. The van der Waals surface area contributed by atoms with Crippen LogP contribution in [0.15, 0.2) is 35.4 Å². The number of aliphatic carboxylic acids is 1. The normalized spacial score (nSPS) is 19.3. The van der Waals surface area contributed by atoms with Gasteiger partial charge in [-0.15, -0.1) is 11.3 Å². The summed E-state index contributed by atoms with van der Waals surface area (Å²) in [5, 5.41) is 13.0. The maximum absolute atomic E-state index is 12.9. The van der Waals surface area contributed by atoms with Crippen molar-refractivity contribution in [3.8, 4) is 11.3 Å². The Morgan fingerprint density at radius 2 is 1.70 bits per heavy atom. The van der Waals surface area contributed by atoms with Crippen LogP contribution in [0.3, 0.4) is 0 Å². The Morgan fingerprint density at radius 1 is 1.10 bits per heavy atom. The number of benzene rings is 1. The van der Waals surface area contributed by atoms with E-state index in [9.17, 15) is 14.7 Å². The van der Waals surface area contributed by atoms with E-state index in [-0.39, 0.29) is 5.91 Å². The maximum Gasteiger partial charge on any atom is 0.307 e. The number of thiazole rings is 1. The smallest absolute Gasteiger partial charge is 0.307 e. The monoisotopic (exact) mass is 426 g/mol. The fraction of sp³-hybridized carbons (Fsp3) is 0.458. The molecule has 2 atom stereocenters. The van der Waals surface area contributed by atoms with Gasteiger partial charge < -0.3 is 10.4 Å². The lowest BCUT2D eigenvalue weighted by molar-refractivity contribution is -0.146. The minimum Gasteiger partial charge on any atom is -0.481 e. The summed E-state index contributed by atoms with van der Waals surface area (Å²) in [6.45, 7) is 10.3. The van der Waals surface area contributed by atoms with Crippen LogP contribution in [0.5, 0.6) is 0 Å². The van der Waals surface area contributed by atoms with Gasteiger partial charge in [-0.3, -0.25) is 9.59 Å². The predicted octanol–water partition coefficient (Wildman–Crippen LogP) is 5.70. The van der Waals surface area contributed by atoms with Crippen molar-refractivity contribution >= 4 is 28.3 Å². The van der Waals surface area contributed by atoms with Gasteiger partial charge in [0.15, 0.2) is 5.13 Å². The number of hydrogen-bond donors (Lipinski definition) is 2. The molecule has 1 amide bonds. The number of carbonyl (C=O) groups excluding carboxylic acids is 1. The number of nitrogens with zero attached hydrogens (tertiary/aromatic N) is 1. The lowest BCUT2D eigenvalue weighted by atomic mass is 9.76. The van der Waals surface area contributed by atoms with Gasteiger partial charge in [0.2, 0.25) is 5.91 Å². The van der Waals surface area contributed by atoms with Crippen LogP contribution in [0.2, 0.25) is 0 Å². The van der Waals surface area contributed by atoms with Gasteiger partial charge in [-0.25, -0.2) is 4.98 Å². The summed E-state index contributed by atoms with van der Waals surface area (Å²) < 4.78 is 0. The van der Waals surface area contributed by atoms with Gasteiger partial charge in [-0.05, 0) is 51.5 Å². The lowest BCUT2D eigenvalue weighted by Crippen LogP contribution is -2.36. The molecule has 30 heavy (non-hydrogen) atoms. The Morgan fingerprint density at radius 3 is 2.27 bits per heavy atom. The minimum absolute atomic E-state index is 0.262. The molecule has 1 aromatic heterocycles. The highest BCUT2D eigenvalue weighted by Gasteiger charge is 2.37. The zero-order valence-corrected chi connectivity index (χ0v) is 19.1. The molecular formula is C24H30N2O3S. The van der Waals surface area contributed by atoms with Crippen LogP contribution >= 0.6 is 11.3 Å². The zero-order chi connectivity index (χ0) is 22.0. The molecule has 3 rings (SSSR count). The van der Waals surface area contributed by atoms with Crippen LogP contribution in [0.1, 0.15) is 51.0 Å². The molecule has 0 unspecified atom stereocenters. The van der Waals surface area contributed by atoms with E-state index < -0.39 is 17.8 Å². The summed E-state index contributed by atoms with van der Waals surface area (Å²) in [5.74, 6) is -1.84. The molecule has 6 heteroatoms. The van der Waals surface area contributed by atoms with E-state index in [4.69, 9.17) is 0 Å². The Balaban J connectivity index is 1.77. The summed E-state index contributed by atoms with van der Waals surface area (Å²) in [5.41, 5.74) is 5.35. The van der Waals surface area contributed by atoms with E-state index in [2.05, 4.69) is 48.4 Å². The van der Waals surface area contributed by atoms with Crippen molar-refractivity contribution in [1.82, 2.24) is 4.98 Å². The molecule has 1 heterocycles. The van der Waals surface area contributed by atoms with Crippen LogP contribution in [-0.4, -0.2) is 22.0 Å².